The molecule has 1 N–H and O–H groups in total. The lowest BCUT2D eigenvalue weighted by Gasteiger charge is -2.20. The van der Waals surface area contributed by atoms with Crippen molar-refractivity contribution in [3.05, 3.63) is 46.5 Å². The van der Waals surface area contributed by atoms with Crippen LogP contribution in [0.5, 0.6) is 5.75 Å². The Hall–Kier alpha value is -2.94. The molecule has 0 radical (unpaired) electrons. The molecule has 0 atom stereocenters. The third kappa shape index (κ3) is 3.63. The number of aromatic nitrogens is 4. The number of hydrogen-bond donors (Lipinski definition) is 1. The molecule has 8 nitrogen and oxygen atoms in total. The third-order valence-electron chi connectivity index (χ3n) is 3.95. The predicted molar refractivity (Wildman–Crippen MR) is 98.9 cm³/mol. The summed E-state index contributed by atoms with van der Waals surface area (Å²) < 4.78 is 20.5. The van der Waals surface area contributed by atoms with E-state index in [1.54, 1.807) is 24.1 Å². The molecule has 0 aliphatic carbocycles. The van der Waals surface area contributed by atoms with E-state index in [4.69, 9.17) is 16.3 Å². The molecule has 0 unspecified atom stereocenters. The SMILES string of the molecule is CCNC(=O)c1nnc2ccc(N(C)Cc3c(OC)ccc(F)c3Cl)nn12. The van der Waals surface area contributed by atoms with E-state index in [0.29, 0.717) is 29.3 Å². The predicted octanol–water partition coefficient (Wildman–Crippen LogP) is 2.31. The summed E-state index contributed by atoms with van der Waals surface area (Å²) in [6.45, 7) is 2.52. The molecular weight excluding hydrogens is 375 g/mol. The van der Waals surface area contributed by atoms with Crippen molar-refractivity contribution in [3.63, 3.8) is 0 Å². The van der Waals surface area contributed by atoms with E-state index in [2.05, 4.69) is 20.6 Å². The smallest absolute Gasteiger partial charge is 0.291 e. The van der Waals surface area contributed by atoms with Crippen LogP contribution in [0.25, 0.3) is 5.65 Å². The van der Waals surface area contributed by atoms with Crippen molar-refractivity contribution in [1.29, 1.82) is 0 Å². The minimum Gasteiger partial charge on any atom is -0.496 e. The normalized spacial score (nSPS) is 10.9. The maximum Gasteiger partial charge on any atom is 0.291 e. The number of anilines is 1. The Labute approximate surface area is 159 Å². The van der Waals surface area contributed by atoms with Crippen molar-refractivity contribution in [1.82, 2.24) is 25.1 Å². The van der Waals surface area contributed by atoms with Crippen LogP contribution in [0.15, 0.2) is 24.3 Å². The van der Waals surface area contributed by atoms with Gasteiger partial charge in [-0.15, -0.1) is 15.3 Å². The Kier molecular flexibility index (Phi) is 5.41. The standard InChI is InChI=1S/C17H18ClFN6O2/c1-4-20-17(26)16-22-21-13-7-8-14(23-25(13)16)24(2)9-10-12(27-3)6-5-11(19)15(10)18/h5-8H,4,9H2,1-3H3,(H,20,26). The molecule has 0 saturated heterocycles. The fourth-order valence-electron chi connectivity index (χ4n) is 2.60. The number of ether oxygens (including phenoxy) is 1. The third-order valence-corrected chi connectivity index (χ3v) is 4.36. The van der Waals surface area contributed by atoms with Gasteiger partial charge < -0.3 is 15.0 Å². The topological polar surface area (TPSA) is 84.7 Å². The maximum absolute atomic E-state index is 13.8. The van der Waals surface area contributed by atoms with Crippen LogP contribution in [0, 0.1) is 5.82 Å². The highest BCUT2D eigenvalue weighted by Crippen LogP contribution is 2.30. The summed E-state index contributed by atoms with van der Waals surface area (Å²) in [6, 6.07) is 6.20. The second kappa shape index (κ2) is 7.75. The van der Waals surface area contributed by atoms with Gasteiger partial charge in [-0.2, -0.15) is 4.52 Å². The molecule has 27 heavy (non-hydrogen) atoms. The van der Waals surface area contributed by atoms with Gasteiger partial charge in [0.15, 0.2) is 5.65 Å². The molecule has 0 saturated carbocycles. The first kappa shape index (κ1) is 18.8. The first-order chi connectivity index (χ1) is 13.0. The van der Waals surface area contributed by atoms with Gasteiger partial charge in [-0.3, -0.25) is 4.79 Å². The molecule has 0 bridgehead atoms. The monoisotopic (exact) mass is 392 g/mol. The highest BCUT2D eigenvalue weighted by atomic mass is 35.5. The molecule has 10 heteroatoms. The zero-order valence-corrected chi connectivity index (χ0v) is 15.8. The Bertz CT molecular complexity index is 993. The fourth-order valence-corrected chi connectivity index (χ4v) is 2.81. The van der Waals surface area contributed by atoms with E-state index in [1.165, 1.54) is 23.8 Å². The van der Waals surface area contributed by atoms with Crippen LogP contribution in [-0.2, 0) is 6.54 Å². The van der Waals surface area contributed by atoms with Crippen molar-refractivity contribution >= 4 is 29.0 Å². The van der Waals surface area contributed by atoms with E-state index in [1.807, 2.05) is 6.92 Å². The molecule has 0 aliphatic heterocycles. The molecule has 142 valence electrons. The van der Waals surface area contributed by atoms with Crippen molar-refractivity contribution in [2.24, 2.45) is 0 Å². The number of halogens is 2. The van der Waals surface area contributed by atoms with Gasteiger partial charge in [0.25, 0.3) is 5.91 Å². The van der Waals surface area contributed by atoms with Gasteiger partial charge >= 0.3 is 0 Å². The summed E-state index contributed by atoms with van der Waals surface area (Å²) in [5, 5.41) is 14.9. The van der Waals surface area contributed by atoms with E-state index in [0.717, 1.165) is 0 Å². The summed E-state index contributed by atoms with van der Waals surface area (Å²) in [5.41, 5.74) is 0.936. The van der Waals surface area contributed by atoms with Gasteiger partial charge in [0.05, 0.1) is 12.1 Å². The van der Waals surface area contributed by atoms with Crippen LogP contribution < -0.4 is 15.0 Å². The van der Waals surface area contributed by atoms with Gasteiger partial charge in [-0.1, -0.05) is 11.6 Å². The minimum absolute atomic E-state index is 0.00501. The van der Waals surface area contributed by atoms with Crippen LogP contribution in [-0.4, -0.2) is 46.4 Å². The van der Waals surface area contributed by atoms with Gasteiger partial charge in [0.1, 0.15) is 17.4 Å². The number of carbonyl (C=O) groups is 1. The van der Waals surface area contributed by atoms with Crippen LogP contribution in [0.2, 0.25) is 5.02 Å². The highest BCUT2D eigenvalue weighted by Gasteiger charge is 2.18. The average molecular weight is 393 g/mol. The first-order valence-corrected chi connectivity index (χ1v) is 8.56. The second-order valence-corrected chi connectivity index (χ2v) is 6.12. The summed E-state index contributed by atoms with van der Waals surface area (Å²) in [4.78, 5) is 13.8. The summed E-state index contributed by atoms with van der Waals surface area (Å²) in [6.07, 6.45) is 0. The summed E-state index contributed by atoms with van der Waals surface area (Å²) >= 11 is 6.11. The lowest BCUT2D eigenvalue weighted by Crippen LogP contribution is -2.26. The number of nitrogens with one attached hydrogen (secondary N) is 1. The molecule has 2 aromatic heterocycles. The molecule has 3 rings (SSSR count). The van der Waals surface area contributed by atoms with E-state index < -0.39 is 5.82 Å². The number of benzene rings is 1. The molecular formula is C17H18ClFN6O2. The molecule has 0 spiro atoms. The first-order valence-electron chi connectivity index (χ1n) is 8.19. The summed E-state index contributed by atoms with van der Waals surface area (Å²) in [5.74, 6) is 0.189. The number of carbonyl (C=O) groups excluding carboxylic acids is 1. The van der Waals surface area contributed by atoms with Crippen LogP contribution in [0.3, 0.4) is 0 Å². The molecule has 0 fully saturated rings. The molecule has 1 amide bonds. The number of rotatable bonds is 6. The van der Waals surface area contributed by atoms with Crippen molar-refractivity contribution in [2.75, 3.05) is 25.6 Å². The van der Waals surface area contributed by atoms with Gasteiger partial charge in [-0.05, 0) is 31.2 Å². The van der Waals surface area contributed by atoms with E-state index in [9.17, 15) is 9.18 Å². The second-order valence-electron chi connectivity index (χ2n) is 5.74. The van der Waals surface area contributed by atoms with Gasteiger partial charge in [0, 0.05) is 25.7 Å². The molecule has 2 heterocycles. The van der Waals surface area contributed by atoms with Crippen LogP contribution in [0.1, 0.15) is 23.1 Å². The largest absolute Gasteiger partial charge is 0.496 e. The number of hydrogen-bond acceptors (Lipinski definition) is 6. The number of nitrogens with zero attached hydrogens (tertiary/aromatic N) is 5. The minimum atomic E-state index is -0.526. The van der Waals surface area contributed by atoms with Crippen molar-refractivity contribution in [3.8, 4) is 5.75 Å². The quantitative estimate of drug-likeness (QED) is 0.693. The number of methoxy groups -OCH3 is 1. The van der Waals surface area contributed by atoms with Gasteiger partial charge in [-0.25, -0.2) is 4.39 Å². The Balaban J connectivity index is 1.95. The van der Waals surface area contributed by atoms with E-state index in [-0.39, 0.29) is 23.3 Å². The summed E-state index contributed by atoms with van der Waals surface area (Å²) in [7, 11) is 3.26. The Morgan fingerprint density at radius 3 is 2.81 bits per heavy atom. The number of amides is 1. The maximum atomic E-state index is 13.8. The van der Waals surface area contributed by atoms with E-state index >= 15 is 0 Å². The fraction of sp³-hybridized carbons (Fsp3) is 0.294. The molecule has 1 aromatic carbocycles. The average Bonchev–Trinajstić information content (AvgIpc) is 3.09. The van der Waals surface area contributed by atoms with Crippen molar-refractivity contribution in [2.45, 2.75) is 13.5 Å². The zero-order chi connectivity index (χ0) is 19.6. The van der Waals surface area contributed by atoms with Crippen LogP contribution >= 0.6 is 11.6 Å². The Morgan fingerprint density at radius 2 is 2.11 bits per heavy atom. The lowest BCUT2D eigenvalue weighted by atomic mass is 10.2. The van der Waals surface area contributed by atoms with Gasteiger partial charge in [0.2, 0.25) is 5.82 Å². The molecule has 3 aromatic rings. The van der Waals surface area contributed by atoms with Crippen LogP contribution in [0.4, 0.5) is 10.2 Å². The zero-order valence-electron chi connectivity index (χ0n) is 15.0. The molecule has 0 aliphatic rings. The highest BCUT2D eigenvalue weighted by molar-refractivity contribution is 6.31. The number of fused-ring (bicyclic) bond motifs is 1. The lowest BCUT2D eigenvalue weighted by molar-refractivity contribution is 0.0943. The van der Waals surface area contributed by atoms with Crippen molar-refractivity contribution < 1.29 is 13.9 Å². The Morgan fingerprint density at radius 1 is 1.33 bits per heavy atom.